The Balaban J connectivity index is 0.00000180. The third kappa shape index (κ3) is 6.11. The van der Waals surface area contributed by atoms with Gasteiger partial charge in [0.2, 0.25) is 0 Å². The molecule has 6 heteroatoms. The molecule has 1 saturated heterocycles. The fraction of sp³-hybridized carbons (Fsp3) is 0.400. The second kappa shape index (κ2) is 13.2. The first-order valence-corrected chi connectivity index (χ1v) is 12.9. The molecule has 36 heavy (non-hydrogen) atoms. The average Bonchev–Trinajstić information content (AvgIpc) is 3.27. The van der Waals surface area contributed by atoms with E-state index in [1.54, 1.807) is 0 Å². The summed E-state index contributed by atoms with van der Waals surface area (Å²) < 4.78 is 6.19. The number of fused-ring (bicyclic) bond motifs is 2. The van der Waals surface area contributed by atoms with E-state index >= 15 is 0 Å². The van der Waals surface area contributed by atoms with Gasteiger partial charge >= 0.3 is 0 Å². The summed E-state index contributed by atoms with van der Waals surface area (Å²) in [4.78, 5) is 7.61. The number of rotatable bonds is 8. The Hall–Kier alpha value is -2.40. The molecule has 2 heterocycles. The predicted molar refractivity (Wildman–Crippen MR) is 157 cm³/mol. The molecule has 2 aliphatic heterocycles. The number of hydrogen-bond acceptors (Lipinski definition) is 4. The van der Waals surface area contributed by atoms with Crippen LogP contribution in [0.25, 0.3) is 0 Å². The molecule has 0 saturated carbocycles. The van der Waals surface area contributed by atoms with E-state index in [0.717, 1.165) is 38.3 Å². The van der Waals surface area contributed by atoms with Crippen LogP contribution < -0.4 is 14.5 Å². The van der Waals surface area contributed by atoms with Crippen LogP contribution in [0.2, 0.25) is 0 Å². The largest absolute Gasteiger partial charge is 0.487 e. The van der Waals surface area contributed by atoms with Gasteiger partial charge in [-0.1, -0.05) is 42.5 Å². The van der Waals surface area contributed by atoms with Crippen LogP contribution in [0.1, 0.15) is 37.8 Å². The van der Waals surface area contributed by atoms with Crippen LogP contribution in [0.5, 0.6) is 5.75 Å². The molecule has 0 aliphatic carbocycles. The maximum absolute atomic E-state index is 6.19. The highest BCUT2D eigenvalue weighted by molar-refractivity contribution is 5.85. The number of nitrogens with zero attached hydrogens (tertiary/aromatic N) is 3. The molecule has 0 bridgehead atoms. The SMILES string of the molecule is CCN(CC)c1ccc(CCN2CCCC2CN2c3ccccc3COc3ccccc32)cc1.Cl.Cl. The lowest BCUT2D eigenvalue weighted by Crippen LogP contribution is -2.39. The monoisotopic (exact) mass is 527 g/mol. The molecule has 0 radical (unpaired) electrons. The lowest BCUT2D eigenvalue weighted by molar-refractivity contribution is 0.261. The van der Waals surface area contributed by atoms with Crippen LogP contribution in [0.4, 0.5) is 17.1 Å². The van der Waals surface area contributed by atoms with E-state index in [4.69, 9.17) is 4.74 Å². The highest BCUT2D eigenvalue weighted by Gasteiger charge is 2.29. The quantitative estimate of drug-likeness (QED) is 0.310. The highest BCUT2D eigenvalue weighted by atomic mass is 35.5. The summed E-state index contributed by atoms with van der Waals surface area (Å²) in [5.74, 6) is 0.983. The first-order chi connectivity index (χ1) is 16.8. The molecule has 1 atom stereocenters. The number of benzene rings is 3. The number of ether oxygens (including phenoxy) is 1. The Kier molecular flexibility index (Phi) is 10.4. The van der Waals surface area contributed by atoms with E-state index < -0.39 is 0 Å². The number of anilines is 3. The zero-order valence-electron chi connectivity index (χ0n) is 21.4. The summed E-state index contributed by atoms with van der Waals surface area (Å²) in [6.45, 7) is 10.5. The summed E-state index contributed by atoms with van der Waals surface area (Å²) in [6.07, 6.45) is 3.63. The van der Waals surface area contributed by atoms with E-state index in [0.29, 0.717) is 12.6 Å². The van der Waals surface area contributed by atoms with Crippen LogP contribution >= 0.6 is 24.8 Å². The van der Waals surface area contributed by atoms with Crippen LogP contribution in [0.15, 0.2) is 72.8 Å². The summed E-state index contributed by atoms with van der Waals surface area (Å²) in [5.41, 5.74) is 6.49. The minimum atomic E-state index is 0. The number of para-hydroxylation sites is 3. The van der Waals surface area contributed by atoms with Crippen molar-refractivity contribution in [2.24, 2.45) is 0 Å². The average molecular weight is 529 g/mol. The van der Waals surface area contributed by atoms with Gasteiger partial charge in [0.1, 0.15) is 12.4 Å². The molecule has 0 aromatic heterocycles. The molecule has 0 amide bonds. The smallest absolute Gasteiger partial charge is 0.143 e. The van der Waals surface area contributed by atoms with E-state index in [1.807, 2.05) is 0 Å². The maximum atomic E-state index is 6.19. The molecule has 0 N–H and O–H groups in total. The molecule has 2 aliphatic rings. The van der Waals surface area contributed by atoms with E-state index in [9.17, 15) is 0 Å². The lowest BCUT2D eigenvalue weighted by atomic mass is 10.1. The highest BCUT2D eigenvalue weighted by Crippen LogP contribution is 2.40. The van der Waals surface area contributed by atoms with E-state index in [1.165, 1.54) is 47.6 Å². The van der Waals surface area contributed by atoms with Crippen molar-refractivity contribution in [3.05, 3.63) is 83.9 Å². The van der Waals surface area contributed by atoms with Crippen LogP contribution in [0, 0.1) is 0 Å². The lowest BCUT2D eigenvalue weighted by Gasteiger charge is -2.32. The van der Waals surface area contributed by atoms with E-state index in [2.05, 4.69) is 101 Å². The fourth-order valence-electron chi connectivity index (χ4n) is 5.52. The van der Waals surface area contributed by atoms with Crippen LogP contribution in [-0.4, -0.2) is 43.7 Å². The molecule has 4 nitrogen and oxygen atoms in total. The molecule has 3 aromatic rings. The molecule has 1 fully saturated rings. The van der Waals surface area contributed by atoms with Crippen molar-refractivity contribution in [2.75, 3.05) is 42.5 Å². The Bertz CT molecular complexity index is 1040. The van der Waals surface area contributed by atoms with Crippen molar-refractivity contribution >= 4 is 41.9 Å². The maximum Gasteiger partial charge on any atom is 0.143 e. The Labute approximate surface area is 229 Å². The molecule has 194 valence electrons. The first kappa shape index (κ1) is 28.2. The van der Waals surface area contributed by atoms with Gasteiger partial charge in [-0.3, -0.25) is 4.90 Å². The third-order valence-electron chi connectivity index (χ3n) is 7.47. The summed E-state index contributed by atoms with van der Waals surface area (Å²) in [7, 11) is 0. The van der Waals surface area contributed by atoms with Gasteiger partial charge in [-0.2, -0.15) is 0 Å². The standard InChI is InChI=1S/C30H37N3O.2ClH/c1-3-31(4-2)26-17-15-24(16-18-26)19-21-32-20-9-11-27(32)22-33-28-12-6-5-10-25(28)23-34-30-14-8-7-13-29(30)33;;/h5-8,10,12-18,27H,3-4,9,11,19-23H2,1-2H3;2*1H. The van der Waals surface area contributed by atoms with Crippen molar-refractivity contribution in [2.45, 2.75) is 45.8 Å². The van der Waals surface area contributed by atoms with E-state index in [-0.39, 0.29) is 24.8 Å². The van der Waals surface area contributed by atoms with Gasteiger partial charge in [0, 0.05) is 49.2 Å². The Morgan fingerprint density at radius 2 is 1.56 bits per heavy atom. The van der Waals surface area contributed by atoms with Gasteiger partial charge in [-0.15, -0.1) is 24.8 Å². The molecule has 5 rings (SSSR count). The molecule has 3 aromatic carbocycles. The second-order valence-corrected chi connectivity index (χ2v) is 9.42. The third-order valence-corrected chi connectivity index (χ3v) is 7.47. The van der Waals surface area contributed by atoms with Crippen LogP contribution in [-0.2, 0) is 13.0 Å². The first-order valence-electron chi connectivity index (χ1n) is 12.9. The zero-order chi connectivity index (χ0) is 23.3. The summed E-state index contributed by atoms with van der Waals surface area (Å²) in [6, 6.07) is 27.0. The van der Waals surface area contributed by atoms with Crippen molar-refractivity contribution in [3.63, 3.8) is 0 Å². The van der Waals surface area contributed by atoms with Gasteiger partial charge in [-0.05, 0) is 75.5 Å². The normalized spacial score (nSPS) is 16.6. The molecular weight excluding hydrogens is 489 g/mol. The predicted octanol–water partition coefficient (Wildman–Crippen LogP) is 7.11. The Morgan fingerprint density at radius 1 is 0.861 bits per heavy atom. The van der Waals surface area contributed by atoms with Gasteiger partial charge in [-0.25, -0.2) is 0 Å². The minimum Gasteiger partial charge on any atom is -0.487 e. The number of halogens is 2. The van der Waals surface area contributed by atoms with Crippen molar-refractivity contribution in [1.29, 1.82) is 0 Å². The summed E-state index contributed by atoms with van der Waals surface area (Å²) in [5, 5.41) is 0. The topological polar surface area (TPSA) is 19.0 Å². The zero-order valence-corrected chi connectivity index (χ0v) is 23.1. The number of hydrogen-bond donors (Lipinski definition) is 0. The van der Waals surface area contributed by atoms with Gasteiger partial charge in [0.25, 0.3) is 0 Å². The van der Waals surface area contributed by atoms with Crippen molar-refractivity contribution in [1.82, 2.24) is 4.90 Å². The van der Waals surface area contributed by atoms with Crippen molar-refractivity contribution in [3.8, 4) is 5.75 Å². The second-order valence-electron chi connectivity index (χ2n) is 9.42. The van der Waals surface area contributed by atoms with Gasteiger partial charge in [0.15, 0.2) is 0 Å². The molecule has 1 unspecified atom stereocenters. The molecular formula is C30H39Cl2N3O. The van der Waals surface area contributed by atoms with Gasteiger partial charge in [0.05, 0.1) is 5.69 Å². The van der Waals surface area contributed by atoms with Crippen LogP contribution in [0.3, 0.4) is 0 Å². The summed E-state index contributed by atoms with van der Waals surface area (Å²) >= 11 is 0. The fourth-order valence-corrected chi connectivity index (χ4v) is 5.52. The van der Waals surface area contributed by atoms with Gasteiger partial charge < -0.3 is 14.5 Å². The van der Waals surface area contributed by atoms with Crippen molar-refractivity contribution < 1.29 is 4.74 Å². The minimum absolute atomic E-state index is 0. The molecule has 0 spiro atoms. The number of likely N-dealkylation sites (tertiary alicyclic amines) is 1. The Morgan fingerprint density at radius 3 is 2.31 bits per heavy atom.